The van der Waals surface area contributed by atoms with Gasteiger partial charge in [0.1, 0.15) is 24.0 Å². The van der Waals surface area contributed by atoms with Gasteiger partial charge in [0.05, 0.1) is 18.3 Å². The summed E-state index contributed by atoms with van der Waals surface area (Å²) in [5, 5.41) is 5.86. The minimum atomic E-state index is -0.679. The van der Waals surface area contributed by atoms with E-state index in [4.69, 9.17) is 4.74 Å². The summed E-state index contributed by atoms with van der Waals surface area (Å²) in [7, 11) is 0. The number of fused-ring (bicyclic) bond motifs is 2. The molecule has 1 saturated heterocycles. The summed E-state index contributed by atoms with van der Waals surface area (Å²) in [6.07, 6.45) is 2.05. The van der Waals surface area contributed by atoms with Gasteiger partial charge in [-0.15, -0.1) is 0 Å². The Morgan fingerprint density at radius 3 is 2.75 bits per heavy atom. The number of nitrogens with one attached hydrogen (secondary N) is 2. The lowest BCUT2D eigenvalue weighted by molar-refractivity contribution is -0.118. The van der Waals surface area contributed by atoms with Gasteiger partial charge in [-0.05, 0) is 42.7 Å². The monoisotopic (exact) mass is 442 g/mol. The Kier molecular flexibility index (Phi) is 5.42. The molecule has 7 nitrogen and oxygen atoms in total. The number of hydrogen-bond acceptors (Lipinski definition) is 4. The van der Waals surface area contributed by atoms with Crippen LogP contribution < -0.4 is 15.4 Å². The number of halogens is 2. The normalized spacial score (nSPS) is 21.2. The van der Waals surface area contributed by atoms with Crippen LogP contribution in [-0.4, -0.2) is 66.6 Å². The van der Waals surface area contributed by atoms with Crippen molar-refractivity contribution in [2.45, 2.75) is 24.9 Å². The van der Waals surface area contributed by atoms with Crippen LogP contribution in [0.3, 0.4) is 0 Å². The molecule has 3 aliphatic rings. The van der Waals surface area contributed by atoms with Crippen LogP contribution in [0.15, 0.2) is 36.4 Å². The van der Waals surface area contributed by atoms with Crippen LogP contribution in [0.25, 0.3) is 11.1 Å². The van der Waals surface area contributed by atoms with Gasteiger partial charge in [-0.1, -0.05) is 6.07 Å². The van der Waals surface area contributed by atoms with E-state index >= 15 is 0 Å². The van der Waals surface area contributed by atoms with Crippen molar-refractivity contribution in [1.82, 2.24) is 15.1 Å². The Hall–Kier alpha value is -3.20. The van der Waals surface area contributed by atoms with Crippen LogP contribution in [0.4, 0.5) is 19.3 Å². The minimum Gasteiger partial charge on any atom is -0.490 e. The number of nitrogens with zero attached hydrogens (tertiary/aromatic N) is 2. The van der Waals surface area contributed by atoms with Gasteiger partial charge in [-0.2, -0.15) is 0 Å². The van der Waals surface area contributed by atoms with Gasteiger partial charge in [-0.25, -0.2) is 13.6 Å². The second-order valence-electron chi connectivity index (χ2n) is 8.49. The predicted octanol–water partition coefficient (Wildman–Crippen LogP) is 2.82. The zero-order chi connectivity index (χ0) is 22.2. The fraction of sp³-hybridized carbons (Fsp3) is 0.391. The van der Waals surface area contributed by atoms with Crippen molar-refractivity contribution in [3.63, 3.8) is 0 Å². The smallest absolute Gasteiger partial charge is 0.317 e. The number of urea groups is 1. The van der Waals surface area contributed by atoms with Gasteiger partial charge in [0.15, 0.2) is 0 Å². The van der Waals surface area contributed by atoms with Crippen molar-refractivity contribution >= 4 is 17.6 Å². The molecular weight excluding hydrogens is 418 g/mol. The summed E-state index contributed by atoms with van der Waals surface area (Å²) in [6, 6.07) is 8.46. The number of piperazine rings is 1. The zero-order valence-electron chi connectivity index (χ0n) is 17.4. The highest BCUT2D eigenvalue weighted by Gasteiger charge is 2.34. The second-order valence-corrected chi connectivity index (χ2v) is 8.49. The largest absolute Gasteiger partial charge is 0.490 e. The van der Waals surface area contributed by atoms with Crippen LogP contribution in [0.2, 0.25) is 0 Å². The standard InChI is InChI=1S/C23H24F2N4O3/c24-15-2-5-18(19(25)10-15)14-1-6-21-20(9-14)27-22(30)12-28-7-8-29(11-17(28)13-32-21)23(31)26-16-3-4-16/h1-2,5-6,9-10,16-17H,3-4,7-8,11-13H2,(H,26,31)(H,27,30)/t17-/m1/s1. The third kappa shape index (κ3) is 4.38. The highest BCUT2D eigenvalue weighted by molar-refractivity contribution is 5.94. The molecule has 0 unspecified atom stereocenters. The molecule has 3 amide bonds. The number of anilines is 1. The Morgan fingerprint density at radius 2 is 1.97 bits per heavy atom. The SMILES string of the molecule is O=C1CN2CCN(C(=O)NC3CC3)C[C@@H]2COc2ccc(-c3ccc(F)cc3F)cc2N1. The first-order valence-electron chi connectivity index (χ1n) is 10.8. The lowest BCUT2D eigenvalue weighted by Gasteiger charge is -2.40. The molecule has 1 aliphatic carbocycles. The molecule has 5 rings (SSSR count). The van der Waals surface area contributed by atoms with Gasteiger partial charge < -0.3 is 20.3 Å². The molecule has 0 bridgehead atoms. The molecule has 2 N–H and O–H groups in total. The maximum Gasteiger partial charge on any atom is 0.317 e. The zero-order valence-corrected chi connectivity index (χ0v) is 17.4. The number of rotatable bonds is 2. The molecule has 0 aromatic heterocycles. The number of ether oxygens (including phenoxy) is 1. The topological polar surface area (TPSA) is 73.9 Å². The summed E-state index contributed by atoms with van der Waals surface area (Å²) >= 11 is 0. The Bertz CT molecular complexity index is 1060. The molecular formula is C23H24F2N4O3. The molecule has 2 aromatic rings. The molecule has 2 heterocycles. The predicted molar refractivity (Wildman–Crippen MR) is 114 cm³/mol. The quantitative estimate of drug-likeness (QED) is 0.750. The number of amides is 3. The average molecular weight is 442 g/mol. The lowest BCUT2D eigenvalue weighted by Crippen LogP contribution is -2.59. The molecule has 168 valence electrons. The van der Waals surface area contributed by atoms with E-state index in [1.807, 2.05) is 4.90 Å². The Balaban J connectivity index is 1.35. The number of carbonyl (C=O) groups is 2. The second kappa shape index (κ2) is 8.38. The molecule has 1 atom stereocenters. The number of benzene rings is 2. The van der Waals surface area contributed by atoms with Crippen LogP contribution in [0.5, 0.6) is 5.75 Å². The van der Waals surface area contributed by atoms with Gasteiger partial charge in [0.25, 0.3) is 0 Å². The molecule has 32 heavy (non-hydrogen) atoms. The van der Waals surface area contributed by atoms with Gasteiger partial charge in [-0.3, -0.25) is 9.69 Å². The van der Waals surface area contributed by atoms with Crippen LogP contribution >= 0.6 is 0 Å². The molecule has 2 aliphatic heterocycles. The van der Waals surface area contributed by atoms with E-state index in [1.54, 1.807) is 23.1 Å². The van der Waals surface area contributed by atoms with Crippen molar-refractivity contribution in [1.29, 1.82) is 0 Å². The third-order valence-corrected chi connectivity index (χ3v) is 6.07. The van der Waals surface area contributed by atoms with E-state index in [-0.39, 0.29) is 36.1 Å². The van der Waals surface area contributed by atoms with Crippen molar-refractivity contribution < 1.29 is 23.1 Å². The minimum absolute atomic E-state index is 0.0668. The summed E-state index contributed by atoms with van der Waals surface area (Å²) in [4.78, 5) is 29.0. The number of carbonyl (C=O) groups excluding carboxylic acids is 2. The highest BCUT2D eigenvalue weighted by Crippen LogP contribution is 2.33. The lowest BCUT2D eigenvalue weighted by atomic mass is 10.0. The molecule has 9 heteroatoms. The summed E-state index contributed by atoms with van der Waals surface area (Å²) in [5.74, 6) is -1.08. The van der Waals surface area contributed by atoms with E-state index in [0.29, 0.717) is 43.2 Å². The molecule has 2 fully saturated rings. The maximum atomic E-state index is 14.2. The van der Waals surface area contributed by atoms with Crippen LogP contribution in [0.1, 0.15) is 12.8 Å². The Labute approximate surface area is 184 Å². The first kappa shape index (κ1) is 20.7. The van der Waals surface area contributed by atoms with Crippen molar-refractivity contribution in [2.24, 2.45) is 0 Å². The average Bonchev–Trinajstić information content (AvgIpc) is 3.56. The molecule has 0 spiro atoms. The molecule has 2 aromatic carbocycles. The molecule has 1 saturated carbocycles. The van der Waals surface area contributed by atoms with E-state index in [1.165, 1.54) is 12.1 Å². The van der Waals surface area contributed by atoms with Crippen LogP contribution in [-0.2, 0) is 4.79 Å². The van der Waals surface area contributed by atoms with Crippen molar-refractivity contribution in [3.8, 4) is 16.9 Å². The maximum absolute atomic E-state index is 14.2. The Morgan fingerprint density at radius 1 is 1.12 bits per heavy atom. The van der Waals surface area contributed by atoms with Crippen molar-refractivity contribution in [2.75, 3.05) is 38.1 Å². The van der Waals surface area contributed by atoms with Crippen molar-refractivity contribution in [3.05, 3.63) is 48.0 Å². The van der Waals surface area contributed by atoms with E-state index in [2.05, 4.69) is 10.6 Å². The fourth-order valence-electron chi connectivity index (χ4n) is 4.14. The van der Waals surface area contributed by atoms with Gasteiger partial charge in [0.2, 0.25) is 5.91 Å². The summed E-state index contributed by atoms with van der Waals surface area (Å²) in [6.45, 7) is 2.06. The first-order chi connectivity index (χ1) is 15.5. The first-order valence-corrected chi connectivity index (χ1v) is 10.8. The van der Waals surface area contributed by atoms with E-state index in [0.717, 1.165) is 18.9 Å². The summed E-state index contributed by atoms with van der Waals surface area (Å²) in [5.41, 5.74) is 1.17. The van der Waals surface area contributed by atoms with E-state index in [9.17, 15) is 18.4 Å². The third-order valence-electron chi connectivity index (χ3n) is 6.07. The highest BCUT2D eigenvalue weighted by atomic mass is 19.1. The van der Waals surface area contributed by atoms with Crippen LogP contribution in [0, 0.1) is 11.6 Å². The summed E-state index contributed by atoms with van der Waals surface area (Å²) < 4.78 is 33.5. The molecule has 0 radical (unpaired) electrons. The van der Waals surface area contributed by atoms with Gasteiger partial charge >= 0.3 is 6.03 Å². The fourth-order valence-corrected chi connectivity index (χ4v) is 4.14. The van der Waals surface area contributed by atoms with Gasteiger partial charge in [0, 0.05) is 37.3 Å². The number of hydrogen-bond donors (Lipinski definition) is 2. The van der Waals surface area contributed by atoms with E-state index < -0.39 is 11.6 Å².